The van der Waals surface area contributed by atoms with Gasteiger partial charge < -0.3 is 14.3 Å². The topological polar surface area (TPSA) is 59.7 Å². The first kappa shape index (κ1) is 19.0. The second kappa shape index (κ2) is 9.22. The highest BCUT2D eigenvalue weighted by atomic mass is 16.6. The van der Waals surface area contributed by atoms with Gasteiger partial charge in [-0.3, -0.25) is 0 Å². The molecule has 1 aliphatic rings. The maximum absolute atomic E-state index is 12.5. The Hall–Kier alpha value is -1.81. The lowest BCUT2D eigenvalue weighted by Gasteiger charge is -2.29. The average Bonchev–Trinajstić information content (AvgIpc) is 2.63. The number of unbranched alkanes of at least 4 members (excludes halogenated alkanes) is 7. The van der Waals surface area contributed by atoms with Crippen LogP contribution in [-0.2, 0) is 0 Å². The van der Waals surface area contributed by atoms with Gasteiger partial charge in [0.2, 0.25) is 0 Å². The van der Waals surface area contributed by atoms with E-state index < -0.39 is 6.29 Å². The van der Waals surface area contributed by atoms with Gasteiger partial charge in [0.1, 0.15) is 11.3 Å². The normalized spacial score (nSPS) is 19.3. The predicted octanol–water partition coefficient (Wildman–Crippen LogP) is 5.51. The van der Waals surface area contributed by atoms with E-state index in [0.29, 0.717) is 23.3 Å². The third-order valence-electron chi connectivity index (χ3n) is 5.35. The molecular formula is C22H30O4. The number of hydrogen-bond acceptors (Lipinski definition) is 4. The number of aliphatic hydroxyl groups excluding tert-OH is 1. The van der Waals surface area contributed by atoms with Crippen LogP contribution in [-0.4, -0.2) is 11.4 Å². The second-order valence-corrected chi connectivity index (χ2v) is 7.40. The smallest absolute Gasteiger partial charge is 0.343 e. The van der Waals surface area contributed by atoms with Crippen LogP contribution in [0.2, 0.25) is 0 Å². The summed E-state index contributed by atoms with van der Waals surface area (Å²) in [4.78, 5) is 12.5. The summed E-state index contributed by atoms with van der Waals surface area (Å²) in [5, 5.41) is 10.9. The zero-order valence-electron chi connectivity index (χ0n) is 15.7. The summed E-state index contributed by atoms with van der Waals surface area (Å²) in [5.41, 5.74) is 0.795. The third-order valence-corrected chi connectivity index (χ3v) is 5.35. The molecular weight excluding hydrogens is 328 g/mol. The van der Waals surface area contributed by atoms with Crippen molar-refractivity contribution in [3.8, 4) is 5.75 Å². The molecule has 1 N–H and O–H groups in total. The van der Waals surface area contributed by atoms with Gasteiger partial charge in [-0.1, -0.05) is 70.4 Å². The molecule has 0 aliphatic carbocycles. The van der Waals surface area contributed by atoms with Gasteiger partial charge in [0.15, 0.2) is 6.29 Å². The molecule has 2 aromatic rings. The molecule has 0 bridgehead atoms. The van der Waals surface area contributed by atoms with Crippen LogP contribution in [0.5, 0.6) is 5.75 Å². The van der Waals surface area contributed by atoms with Gasteiger partial charge in [-0.25, -0.2) is 4.79 Å². The first-order valence-electron chi connectivity index (χ1n) is 10.1. The maximum Gasteiger partial charge on any atom is 0.343 e. The van der Waals surface area contributed by atoms with Crippen molar-refractivity contribution in [2.45, 2.75) is 83.3 Å². The number of hydrogen-bond donors (Lipinski definition) is 1. The van der Waals surface area contributed by atoms with E-state index in [4.69, 9.17) is 9.15 Å². The zero-order chi connectivity index (χ0) is 18.4. The van der Waals surface area contributed by atoms with Crippen molar-refractivity contribution in [2.75, 3.05) is 0 Å². The first-order chi connectivity index (χ1) is 12.7. The van der Waals surface area contributed by atoms with Crippen LogP contribution in [0.15, 0.2) is 33.5 Å². The summed E-state index contributed by atoms with van der Waals surface area (Å²) in [6, 6.07) is 7.35. The zero-order valence-corrected chi connectivity index (χ0v) is 15.7. The van der Waals surface area contributed by atoms with E-state index in [1.165, 1.54) is 44.9 Å². The van der Waals surface area contributed by atoms with E-state index in [-0.39, 0.29) is 11.5 Å². The maximum atomic E-state index is 12.5. The summed E-state index contributed by atoms with van der Waals surface area (Å²) in [6.07, 6.45) is 10.6. The Morgan fingerprint density at radius 2 is 1.73 bits per heavy atom. The Morgan fingerprint density at radius 3 is 2.50 bits per heavy atom. The lowest BCUT2D eigenvalue weighted by Crippen LogP contribution is -2.29. The quantitative estimate of drug-likeness (QED) is 0.474. The fourth-order valence-corrected chi connectivity index (χ4v) is 3.95. The van der Waals surface area contributed by atoms with Crippen LogP contribution in [0.1, 0.15) is 82.6 Å². The van der Waals surface area contributed by atoms with Crippen LogP contribution in [0, 0.1) is 0 Å². The fourth-order valence-electron chi connectivity index (χ4n) is 3.95. The molecule has 0 fully saturated rings. The molecule has 2 heterocycles. The van der Waals surface area contributed by atoms with Crippen LogP contribution < -0.4 is 10.4 Å². The highest BCUT2D eigenvalue weighted by molar-refractivity contribution is 5.84. The molecule has 1 aliphatic heterocycles. The predicted molar refractivity (Wildman–Crippen MR) is 104 cm³/mol. The molecule has 4 heteroatoms. The molecule has 0 saturated heterocycles. The highest BCUT2D eigenvalue weighted by Gasteiger charge is 2.32. The monoisotopic (exact) mass is 358 g/mol. The molecule has 1 aromatic heterocycles. The van der Waals surface area contributed by atoms with Crippen LogP contribution >= 0.6 is 0 Å². The molecule has 142 valence electrons. The highest BCUT2D eigenvalue weighted by Crippen LogP contribution is 2.40. The van der Waals surface area contributed by atoms with E-state index >= 15 is 0 Å². The Morgan fingerprint density at radius 1 is 1.04 bits per heavy atom. The summed E-state index contributed by atoms with van der Waals surface area (Å²) in [6.45, 7) is 2.24. The second-order valence-electron chi connectivity index (χ2n) is 7.40. The number of aliphatic hydroxyl groups is 1. The molecule has 2 atom stereocenters. The molecule has 1 aromatic carbocycles. The van der Waals surface area contributed by atoms with Crippen LogP contribution in [0.3, 0.4) is 0 Å². The number of fused-ring (bicyclic) bond motifs is 3. The minimum absolute atomic E-state index is 0.00898. The fraction of sp³-hybridized carbons (Fsp3) is 0.591. The standard InChI is InChI=1S/C22H30O4/c1-2-3-4-5-6-7-8-9-12-16-15-19(23)26-21-17-13-10-11-14-18(17)25-22(24)20(16)21/h10-11,13-14,16,19,23H,2-9,12,15H2,1H3/t16-,19?/m1/s1. The molecule has 0 radical (unpaired) electrons. The van der Waals surface area contributed by atoms with Gasteiger partial charge in [0.05, 0.1) is 10.9 Å². The number of rotatable bonds is 9. The summed E-state index contributed by atoms with van der Waals surface area (Å²) < 4.78 is 11.1. The Kier molecular flexibility index (Phi) is 6.73. The average molecular weight is 358 g/mol. The summed E-state index contributed by atoms with van der Waals surface area (Å²) >= 11 is 0. The SMILES string of the molecule is CCCCCCCCCC[C@@H]1CC(O)Oc2c1c(=O)oc1ccccc21. The largest absolute Gasteiger partial charge is 0.464 e. The Balaban J connectivity index is 1.64. The molecule has 0 spiro atoms. The Labute approximate surface area is 155 Å². The molecule has 0 saturated carbocycles. The number of benzene rings is 1. The van der Waals surface area contributed by atoms with E-state index in [9.17, 15) is 9.90 Å². The van der Waals surface area contributed by atoms with E-state index in [2.05, 4.69) is 6.92 Å². The van der Waals surface area contributed by atoms with Crippen molar-refractivity contribution < 1.29 is 14.3 Å². The van der Waals surface area contributed by atoms with Gasteiger partial charge in [-0.15, -0.1) is 0 Å². The number of ether oxygens (including phenoxy) is 1. The van der Waals surface area contributed by atoms with Gasteiger partial charge in [-0.05, 0) is 18.6 Å². The molecule has 4 nitrogen and oxygen atoms in total. The summed E-state index contributed by atoms with van der Waals surface area (Å²) in [5.74, 6) is 0.523. The first-order valence-corrected chi connectivity index (χ1v) is 10.1. The van der Waals surface area contributed by atoms with Crippen molar-refractivity contribution in [3.63, 3.8) is 0 Å². The van der Waals surface area contributed by atoms with Crippen LogP contribution in [0.25, 0.3) is 11.0 Å². The van der Waals surface area contributed by atoms with E-state index in [1.54, 1.807) is 6.07 Å². The van der Waals surface area contributed by atoms with Crippen molar-refractivity contribution in [1.29, 1.82) is 0 Å². The molecule has 3 rings (SSSR count). The molecule has 26 heavy (non-hydrogen) atoms. The van der Waals surface area contributed by atoms with Crippen molar-refractivity contribution in [3.05, 3.63) is 40.2 Å². The molecule has 0 amide bonds. The van der Waals surface area contributed by atoms with Crippen molar-refractivity contribution >= 4 is 11.0 Å². The molecule has 1 unspecified atom stereocenters. The third kappa shape index (κ3) is 4.47. The Bertz CT molecular complexity index is 764. The van der Waals surface area contributed by atoms with Gasteiger partial charge in [0, 0.05) is 12.3 Å². The van der Waals surface area contributed by atoms with Crippen molar-refractivity contribution in [1.82, 2.24) is 0 Å². The minimum Gasteiger partial charge on any atom is -0.464 e. The lowest BCUT2D eigenvalue weighted by molar-refractivity contribution is -0.0395. The van der Waals surface area contributed by atoms with Gasteiger partial charge in [-0.2, -0.15) is 0 Å². The number of para-hydroxylation sites is 1. The summed E-state index contributed by atoms with van der Waals surface area (Å²) in [7, 11) is 0. The van der Waals surface area contributed by atoms with E-state index in [1.807, 2.05) is 18.2 Å². The van der Waals surface area contributed by atoms with Crippen molar-refractivity contribution in [2.24, 2.45) is 0 Å². The van der Waals surface area contributed by atoms with Gasteiger partial charge >= 0.3 is 5.63 Å². The van der Waals surface area contributed by atoms with E-state index in [0.717, 1.165) is 18.2 Å². The van der Waals surface area contributed by atoms with Gasteiger partial charge in [0.25, 0.3) is 0 Å². The van der Waals surface area contributed by atoms with Crippen LogP contribution in [0.4, 0.5) is 0 Å². The minimum atomic E-state index is -0.855. The lowest BCUT2D eigenvalue weighted by atomic mass is 9.88.